The second-order valence-electron chi connectivity index (χ2n) is 3.06. The third-order valence-corrected chi connectivity index (χ3v) is 1.86. The Hall–Kier alpha value is -0.200. The molecule has 5 heteroatoms. The highest BCUT2D eigenvalue weighted by atomic mass is 16.3. The molecule has 0 saturated heterocycles. The lowest BCUT2D eigenvalue weighted by atomic mass is 10.4. The van der Waals surface area contributed by atoms with Gasteiger partial charge < -0.3 is 15.3 Å². The zero-order valence-corrected chi connectivity index (χ0v) is 8.44. The summed E-state index contributed by atoms with van der Waals surface area (Å²) in [7, 11) is 0. The largest absolute Gasteiger partial charge is 0.379 e. The van der Waals surface area contributed by atoms with Gasteiger partial charge in [0.2, 0.25) is 0 Å². The first-order chi connectivity index (χ1) is 5.99. The Bertz CT molecular complexity index is 123. The highest BCUT2D eigenvalue weighted by Crippen LogP contribution is 1.99. The van der Waals surface area contributed by atoms with Crippen LogP contribution in [0.4, 0.5) is 0 Å². The SMILES string of the molecule is CCC(O)NCN(C(C)O)C(C)O. The standard InChI is InChI=1S/C8H20N2O3/c1-4-8(13)9-5-10(6(2)11)7(3)12/h6-9,11-13H,4-5H2,1-3H3. The minimum Gasteiger partial charge on any atom is -0.379 e. The fraction of sp³-hybridized carbons (Fsp3) is 1.00. The molecular formula is C8H20N2O3. The van der Waals surface area contributed by atoms with E-state index < -0.39 is 18.7 Å². The van der Waals surface area contributed by atoms with E-state index in [4.69, 9.17) is 5.11 Å². The van der Waals surface area contributed by atoms with Crippen molar-refractivity contribution < 1.29 is 15.3 Å². The van der Waals surface area contributed by atoms with Crippen molar-refractivity contribution in [3.63, 3.8) is 0 Å². The number of nitrogens with one attached hydrogen (secondary N) is 1. The van der Waals surface area contributed by atoms with Gasteiger partial charge in [0.25, 0.3) is 0 Å². The molecule has 3 unspecified atom stereocenters. The molecule has 0 heterocycles. The van der Waals surface area contributed by atoms with Crippen LogP contribution in [0, 0.1) is 0 Å². The van der Waals surface area contributed by atoms with E-state index in [1.54, 1.807) is 13.8 Å². The van der Waals surface area contributed by atoms with E-state index in [0.717, 1.165) is 0 Å². The van der Waals surface area contributed by atoms with Crippen molar-refractivity contribution >= 4 is 0 Å². The van der Waals surface area contributed by atoms with Crippen molar-refractivity contribution in [3.8, 4) is 0 Å². The van der Waals surface area contributed by atoms with Crippen LogP contribution >= 0.6 is 0 Å². The molecule has 0 aliphatic carbocycles. The molecule has 0 aromatic carbocycles. The Balaban J connectivity index is 3.83. The number of nitrogens with zero attached hydrogens (tertiary/aromatic N) is 1. The monoisotopic (exact) mass is 192 g/mol. The van der Waals surface area contributed by atoms with E-state index in [2.05, 4.69) is 5.32 Å². The molecule has 13 heavy (non-hydrogen) atoms. The lowest BCUT2D eigenvalue weighted by Crippen LogP contribution is -2.48. The highest BCUT2D eigenvalue weighted by molar-refractivity contribution is 4.59. The zero-order chi connectivity index (χ0) is 10.4. The van der Waals surface area contributed by atoms with E-state index in [0.29, 0.717) is 6.42 Å². The third-order valence-electron chi connectivity index (χ3n) is 1.86. The van der Waals surface area contributed by atoms with E-state index in [1.807, 2.05) is 6.92 Å². The molecule has 3 atom stereocenters. The predicted octanol–water partition coefficient (Wildman–Crippen LogP) is -0.760. The Kier molecular flexibility index (Phi) is 6.19. The van der Waals surface area contributed by atoms with Gasteiger partial charge in [-0.2, -0.15) is 0 Å². The van der Waals surface area contributed by atoms with Crippen molar-refractivity contribution in [2.45, 2.75) is 45.9 Å². The zero-order valence-electron chi connectivity index (χ0n) is 8.44. The molecular weight excluding hydrogens is 172 g/mol. The van der Waals surface area contributed by atoms with E-state index in [9.17, 15) is 10.2 Å². The highest BCUT2D eigenvalue weighted by Gasteiger charge is 2.16. The van der Waals surface area contributed by atoms with Gasteiger partial charge >= 0.3 is 0 Å². The van der Waals surface area contributed by atoms with Gasteiger partial charge in [-0.15, -0.1) is 0 Å². The molecule has 0 saturated carbocycles. The molecule has 0 aromatic heterocycles. The average Bonchev–Trinajstić information content (AvgIpc) is 2.03. The van der Waals surface area contributed by atoms with Crippen LogP contribution in [0.2, 0.25) is 0 Å². The van der Waals surface area contributed by atoms with Gasteiger partial charge in [0.15, 0.2) is 0 Å². The Morgan fingerprint density at radius 2 is 1.62 bits per heavy atom. The van der Waals surface area contributed by atoms with Crippen LogP contribution in [0.15, 0.2) is 0 Å². The molecule has 0 aromatic rings. The number of aliphatic hydroxyl groups excluding tert-OH is 3. The molecule has 0 aliphatic heterocycles. The lowest BCUT2D eigenvalue weighted by Gasteiger charge is -2.29. The maximum atomic E-state index is 9.21. The molecule has 0 fully saturated rings. The second-order valence-corrected chi connectivity index (χ2v) is 3.06. The maximum Gasteiger partial charge on any atom is 0.107 e. The minimum atomic E-state index is -0.739. The number of hydrogen-bond donors (Lipinski definition) is 4. The summed E-state index contributed by atoms with van der Waals surface area (Å²) < 4.78 is 0. The molecule has 4 N–H and O–H groups in total. The quantitative estimate of drug-likeness (QED) is 0.416. The molecule has 0 amide bonds. The smallest absolute Gasteiger partial charge is 0.107 e. The number of aliphatic hydroxyl groups is 3. The summed E-state index contributed by atoms with van der Waals surface area (Å²) in [6.45, 7) is 5.22. The van der Waals surface area contributed by atoms with Crippen molar-refractivity contribution in [3.05, 3.63) is 0 Å². The van der Waals surface area contributed by atoms with Crippen LogP contribution in [0.1, 0.15) is 27.2 Å². The van der Waals surface area contributed by atoms with Crippen molar-refractivity contribution in [1.29, 1.82) is 0 Å². The van der Waals surface area contributed by atoms with E-state index in [1.165, 1.54) is 4.90 Å². The van der Waals surface area contributed by atoms with Crippen LogP contribution in [0.25, 0.3) is 0 Å². The first-order valence-corrected chi connectivity index (χ1v) is 4.52. The maximum absolute atomic E-state index is 9.21. The molecule has 0 bridgehead atoms. The van der Waals surface area contributed by atoms with Gasteiger partial charge in [-0.05, 0) is 20.3 Å². The summed E-state index contributed by atoms with van der Waals surface area (Å²) in [6.07, 6.45) is -1.49. The third kappa shape index (κ3) is 5.17. The first-order valence-electron chi connectivity index (χ1n) is 4.52. The van der Waals surface area contributed by atoms with Gasteiger partial charge in [-0.1, -0.05) is 6.92 Å². The molecule has 0 rings (SSSR count). The molecule has 0 aliphatic rings. The molecule has 0 spiro atoms. The number of hydrogen-bond acceptors (Lipinski definition) is 5. The summed E-state index contributed by atoms with van der Waals surface area (Å²) in [6, 6.07) is 0. The van der Waals surface area contributed by atoms with Crippen LogP contribution in [-0.2, 0) is 0 Å². The Morgan fingerprint density at radius 3 is 1.92 bits per heavy atom. The van der Waals surface area contributed by atoms with E-state index >= 15 is 0 Å². The van der Waals surface area contributed by atoms with Crippen molar-refractivity contribution in [2.24, 2.45) is 0 Å². The van der Waals surface area contributed by atoms with Crippen LogP contribution in [0.5, 0.6) is 0 Å². The molecule has 80 valence electrons. The summed E-state index contributed by atoms with van der Waals surface area (Å²) in [5.74, 6) is 0. The minimum absolute atomic E-state index is 0.254. The van der Waals surface area contributed by atoms with Gasteiger partial charge in [-0.25, -0.2) is 4.90 Å². The van der Waals surface area contributed by atoms with E-state index in [-0.39, 0.29) is 6.67 Å². The Labute approximate surface area is 79.0 Å². The van der Waals surface area contributed by atoms with Crippen molar-refractivity contribution in [1.82, 2.24) is 10.2 Å². The predicted molar refractivity (Wildman–Crippen MR) is 49.5 cm³/mol. The van der Waals surface area contributed by atoms with Crippen molar-refractivity contribution in [2.75, 3.05) is 6.67 Å². The van der Waals surface area contributed by atoms with Gasteiger partial charge in [0, 0.05) is 0 Å². The summed E-state index contributed by atoms with van der Waals surface area (Å²) in [5, 5.41) is 30.4. The number of rotatable bonds is 6. The first kappa shape index (κ1) is 12.8. The summed E-state index contributed by atoms with van der Waals surface area (Å²) in [5.41, 5.74) is 0. The van der Waals surface area contributed by atoms with Crippen LogP contribution in [0.3, 0.4) is 0 Å². The fourth-order valence-corrected chi connectivity index (χ4v) is 0.932. The van der Waals surface area contributed by atoms with Gasteiger partial charge in [0.1, 0.15) is 18.7 Å². The Morgan fingerprint density at radius 1 is 1.15 bits per heavy atom. The molecule has 5 nitrogen and oxygen atoms in total. The fourth-order valence-electron chi connectivity index (χ4n) is 0.932. The summed E-state index contributed by atoms with van der Waals surface area (Å²) in [4.78, 5) is 1.42. The second kappa shape index (κ2) is 6.28. The molecule has 0 radical (unpaired) electrons. The topological polar surface area (TPSA) is 76.0 Å². The normalized spacial score (nSPS) is 18.7. The van der Waals surface area contributed by atoms with Crippen LogP contribution < -0.4 is 5.32 Å². The average molecular weight is 192 g/mol. The van der Waals surface area contributed by atoms with Crippen LogP contribution in [-0.4, -0.2) is 45.6 Å². The van der Waals surface area contributed by atoms with Gasteiger partial charge in [-0.3, -0.25) is 5.32 Å². The lowest BCUT2D eigenvalue weighted by molar-refractivity contribution is -0.0944. The van der Waals surface area contributed by atoms with Gasteiger partial charge in [0.05, 0.1) is 6.67 Å². The summed E-state index contributed by atoms with van der Waals surface area (Å²) >= 11 is 0.